The van der Waals surface area contributed by atoms with E-state index in [1.165, 1.54) is 5.56 Å². The van der Waals surface area contributed by atoms with Crippen molar-refractivity contribution in [3.05, 3.63) is 46.6 Å². The van der Waals surface area contributed by atoms with Crippen molar-refractivity contribution in [2.45, 2.75) is 19.8 Å². The Hall–Kier alpha value is -1.35. The van der Waals surface area contributed by atoms with Crippen LogP contribution in [0.3, 0.4) is 0 Å². The van der Waals surface area contributed by atoms with Crippen molar-refractivity contribution in [1.82, 2.24) is 10.1 Å². The third-order valence-corrected chi connectivity index (χ3v) is 2.37. The Labute approximate surface area is 93.1 Å². The fourth-order valence-electron chi connectivity index (χ4n) is 1.35. The highest BCUT2D eigenvalue weighted by Gasteiger charge is 2.02. The van der Waals surface area contributed by atoms with Crippen LogP contribution in [0.15, 0.2) is 28.8 Å². The Morgan fingerprint density at radius 2 is 1.93 bits per heavy atom. The minimum Gasteiger partial charge on any atom is -0.340 e. The van der Waals surface area contributed by atoms with E-state index in [-0.39, 0.29) is 0 Å². The molecule has 0 unspecified atom stereocenters. The quantitative estimate of drug-likeness (QED) is 0.802. The van der Waals surface area contributed by atoms with Gasteiger partial charge in [0, 0.05) is 18.4 Å². The first-order valence-corrected chi connectivity index (χ1v) is 5.15. The van der Waals surface area contributed by atoms with Crippen molar-refractivity contribution in [3.63, 3.8) is 0 Å². The predicted octanol–water partition coefficient (Wildman–Crippen LogP) is 2.82. The number of benzene rings is 1. The number of hydrogen-bond donors (Lipinski definition) is 0. The van der Waals surface area contributed by atoms with Gasteiger partial charge in [0.15, 0.2) is 5.82 Å². The van der Waals surface area contributed by atoms with Crippen LogP contribution in [0.25, 0.3) is 0 Å². The second-order valence-electron chi connectivity index (χ2n) is 3.36. The van der Waals surface area contributed by atoms with Crippen LogP contribution in [0.1, 0.15) is 17.3 Å². The molecule has 15 heavy (non-hydrogen) atoms. The summed E-state index contributed by atoms with van der Waals surface area (Å²) < 4.78 is 4.89. The number of nitrogens with zero attached hydrogens (tertiary/aromatic N) is 2. The van der Waals surface area contributed by atoms with E-state index in [9.17, 15) is 0 Å². The third-order valence-electron chi connectivity index (χ3n) is 2.12. The Kier molecular flexibility index (Phi) is 3.02. The van der Waals surface area contributed by atoms with Gasteiger partial charge in [0.25, 0.3) is 0 Å². The zero-order chi connectivity index (χ0) is 10.7. The maximum Gasteiger partial charge on any atom is 0.223 e. The fraction of sp³-hybridized carbons (Fsp3) is 0.273. The van der Waals surface area contributed by atoms with Gasteiger partial charge in [-0.05, 0) is 24.1 Å². The van der Waals surface area contributed by atoms with Gasteiger partial charge >= 0.3 is 0 Å². The largest absolute Gasteiger partial charge is 0.340 e. The van der Waals surface area contributed by atoms with Crippen molar-refractivity contribution in [2.24, 2.45) is 0 Å². The van der Waals surface area contributed by atoms with E-state index in [0.29, 0.717) is 5.89 Å². The first kappa shape index (κ1) is 10.2. The minimum atomic E-state index is 0.612. The predicted molar refractivity (Wildman–Crippen MR) is 57.9 cm³/mol. The van der Waals surface area contributed by atoms with Crippen LogP contribution in [0.2, 0.25) is 5.02 Å². The van der Waals surface area contributed by atoms with Crippen molar-refractivity contribution < 1.29 is 4.52 Å². The normalized spacial score (nSPS) is 10.5. The molecule has 0 aliphatic heterocycles. The van der Waals surface area contributed by atoms with E-state index < -0.39 is 0 Å². The summed E-state index contributed by atoms with van der Waals surface area (Å²) in [5, 5.41) is 4.59. The lowest BCUT2D eigenvalue weighted by atomic mass is 10.1. The molecule has 0 radical (unpaired) electrons. The Bertz CT molecular complexity index is 436. The Morgan fingerprint density at radius 3 is 2.53 bits per heavy atom. The number of halogens is 1. The Balaban J connectivity index is 1.96. The molecule has 0 atom stereocenters. The molecule has 0 spiro atoms. The number of aryl methyl sites for hydroxylation is 3. The fourth-order valence-corrected chi connectivity index (χ4v) is 1.48. The molecule has 78 valence electrons. The number of hydrogen-bond acceptors (Lipinski definition) is 3. The van der Waals surface area contributed by atoms with E-state index in [1.807, 2.05) is 24.3 Å². The van der Waals surface area contributed by atoms with Crippen molar-refractivity contribution in [1.29, 1.82) is 0 Å². The van der Waals surface area contributed by atoms with E-state index in [4.69, 9.17) is 16.1 Å². The first-order valence-electron chi connectivity index (χ1n) is 4.77. The van der Waals surface area contributed by atoms with E-state index in [1.54, 1.807) is 6.92 Å². The van der Waals surface area contributed by atoms with Crippen LogP contribution in [-0.4, -0.2) is 10.1 Å². The summed E-state index contributed by atoms with van der Waals surface area (Å²) in [4.78, 5) is 4.14. The molecule has 2 aromatic rings. The van der Waals surface area contributed by atoms with Crippen LogP contribution < -0.4 is 0 Å². The summed E-state index contributed by atoms with van der Waals surface area (Å²) in [7, 11) is 0. The third kappa shape index (κ3) is 2.80. The smallest absolute Gasteiger partial charge is 0.223 e. The molecule has 3 nitrogen and oxygen atoms in total. The monoisotopic (exact) mass is 222 g/mol. The summed E-state index contributed by atoms with van der Waals surface area (Å²) in [5.41, 5.74) is 1.22. The minimum absolute atomic E-state index is 0.612. The average molecular weight is 223 g/mol. The van der Waals surface area contributed by atoms with Gasteiger partial charge < -0.3 is 4.52 Å². The summed E-state index contributed by atoms with van der Waals surface area (Å²) in [6.07, 6.45) is 1.69. The second kappa shape index (κ2) is 4.45. The first-order chi connectivity index (χ1) is 7.24. The van der Waals surface area contributed by atoms with Gasteiger partial charge in [-0.25, -0.2) is 0 Å². The van der Waals surface area contributed by atoms with Gasteiger partial charge in [0.1, 0.15) is 0 Å². The molecule has 0 saturated heterocycles. The van der Waals surface area contributed by atoms with Crippen LogP contribution in [0.4, 0.5) is 0 Å². The van der Waals surface area contributed by atoms with Gasteiger partial charge in [-0.2, -0.15) is 4.98 Å². The zero-order valence-corrected chi connectivity index (χ0v) is 9.16. The van der Waals surface area contributed by atoms with Gasteiger partial charge in [-0.1, -0.05) is 28.9 Å². The van der Waals surface area contributed by atoms with E-state index >= 15 is 0 Å². The van der Waals surface area contributed by atoms with E-state index in [0.717, 1.165) is 23.7 Å². The van der Waals surface area contributed by atoms with Crippen LogP contribution >= 0.6 is 11.6 Å². The lowest BCUT2D eigenvalue weighted by molar-refractivity contribution is 0.387. The Morgan fingerprint density at radius 1 is 1.20 bits per heavy atom. The summed E-state index contributed by atoms with van der Waals surface area (Å²) in [5.74, 6) is 1.36. The number of aromatic nitrogens is 2. The average Bonchev–Trinajstić information content (AvgIpc) is 2.64. The molecular weight excluding hydrogens is 212 g/mol. The molecule has 0 saturated carbocycles. The standard InChI is InChI=1S/C11H11ClN2O/c1-8-13-11(14-15-8)7-4-9-2-5-10(12)6-3-9/h2-3,5-6H,4,7H2,1H3. The van der Waals surface area contributed by atoms with Crippen molar-refractivity contribution in [2.75, 3.05) is 0 Å². The molecule has 4 heteroatoms. The molecule has 1 aromatic heterocycles. The molecule has 0 aliphatic carbocycles. The van der Waals surface area contributed by atoms with Crippen LogP contribution in [0.5, 0.6) is 0 Å². The van der Waals surface area contributed by atoms with Gasteiger partial charge in [-0.3, -0.25) is 0 Å². The summed E-state index contributed by atoms with van der Waals surface area (Å²) >= 11 is 5.79. The summed E-state index contributed by atoms with van der Waals surface area (Å²) in [6, 6.07) is 7.79. The number of rotatable bonds is 3. The molecule has 0 fully saturated rings. The maximum absolute atomic E-state index is 5.79. The molecule has 0 N–H and O–H groups in total. The zero-order valence-electron chi connectivity index (χ0n) is 8.40. The van der Waals surface area contributed by atoms with Crippen molar-refractivity contribution in [3.8, 4) is 0 Å². The van der Waals surface area contributed by atoms with Crippen LogP contribution in [-0.2, 0) is 12.8 Å². The van der Waals surface area contributed by atoms with Gasteiger partial charge in [-0.15, -0.1) is 0 Å². The van der Waals surface area contributed by atoms with Gasteiger partial charge in [0.05, 0.1) is 0 Å². The topological polar surface area (TPSA) is 38.9 Å². The molecule has 2 rings (SSSR count). The molecule has 1 aromatic carbocycles. The van der Waals surface area contributed by atoms with Gasteiger partial charge in [0.2, 0.25) is 5.89 Å². The van der Waals surface area contributed by atoms with Crippen molar-refractivity contribution >= 4 is 11.6 Å². The summed E-state index contributed by atoms with van der Waals surface area (Å²) in [6.45, 7) is 1.79. The molecule has 0 aliphatic rings. The molecule has 0 bridgehead atoms. The van der Waals surface area contributed by atoms with E-state index in [2.05, 4.69) is 10.1 Å². The molecule has 0 amide bonds. The lowest BCUT2D eigenvalue weighted by Crippen LogP contribution is -1.93. The highest BCUT2D eigenvalue weighted by Crippen LogP contribution is 2.11. The lowest BCUT2D eigenvalue weighted by Gasteiger charge is -1.97. The highest BCUT2D eigenvalue weighted by molar-refractivity contribution is 6.30. The highest BCUT2D eigenvalue weighted by atomic mass is 35.5. The second-order valence-corrected chi connectivity index (χ2v) is 3.79. The molecular formula is C11H11ClN2O. The molecule has 1 heterocycles. The maximum atomic E-state index is 5.79. The van der Waals surface area contributed by atoms with Crippen LogP contribution in [0, 0.1) is 6.92 Å². The SMILES string of the molecule is Cc1nc(CCc2ccc(Cl)cc2)no1.